The number of Topliss-reactive ketones (excluding diaryl/α,β-unsaturated/α-hetero) is 1. The van der Waals surface area contributed by atoms with E-state index >= 15 is 0 Å². The zero-order chi connectivity index (χ0) is 26.5. The summed E-state index contributed by atoms with van der Waals surface area (Å²) in [5.74, 6) is 1.41. The van der Waals surface area contributed by atoms with Gasteiger partial charge in [0.15, 0.2) is 5.78 Å². The maximum atomic E-state index is 12.8. The molecule has 0 saturated carbocycles. The molecule has 0 spiro atoms. The summed E-state index contributed by atoms with van der Waals surface area (Å²) in [5.41, 5.74) is 4.34. The average Bonchev–Trinajstić information content (AvgIpc) is 2.95. The van der Waals surface area contributed by atoms with Gasteiger partial charge in [-0.05, 0) is 50.2 Å². The number of carbonyl (C=O) groups is 2. The monoisotopic (exact) mass is 515 g/mol. The number of rotatable bonds is 6. The lowest BCUT2D eigenvalue weighted by Gasteiger charge is -2.36. The van der Waals surface area contributed by atoms with Gasteiger partial charge >= 0.3 is 6.03 Å². The molecule has 1 aromatic heterocycles. The van der Waals surface area contributed by atoms with Crippen LogP contribution in [-0.4, -0.2) is 79.2 Å². The minimum Gasteiger partial charge on any atom is -0.378 e. The fourth-order valence-corrected chi connectivity index (χ4v) is 4.71. The summed E-state index contributed by atoms with van der Waals surface area (Å²) in [6.07, 6.45) is 1.84. The first-order valence-corrected chi connectivity index (χ1v) is 12.9. The predicted molar refractivity (Wildman–Crippen MR) is 149 cm³/mol. The molecular formula is C28H33N7O3. The predicted octanol–water partition coefficient (Wildman–Crippen LogP) is 3.92. The molecule has 3 heterocycles. The van der Waals surface area contributed by atoms with Crippen LogP contribution >= 0.6 is 0 Å². The normalized spacial score (nSPS) is 15.8. The quantitative estimate of drug-likeness (QED) is 0.476. The van der Waals surface area contributed by atoms with Gasteiger partial charge in [-0.15, -0.1) is 0 Å². The van der Waals surface area contributed by atoms with Crippen molar-refractivity contribution in [1.82, 2.24) is 14.9 Å². The lowest BCUT2D eigenvalue weighted by Crippen LogP contribution is -2.50. The number of anilines is 5. The number of nitrogens with one attached hydrogen (secondary N) is 2. The molecule has 0 radical (unpaired) electrons. The Balaban J connectivity index is 1.22. The van der Waals surface area contributed by atoms with Crippen molar-refractivity contribution in [2.75, 3.05) is 72.9 Å². The van der Waals surface area contributed by atoms with Gasteiger partial charge in [-0.25, -0.2) is 9.78 Å². The van der Waals surface area contributed by atoms with Gasteiger partial charge in [0.25, 0.3) is 0 Å². The van der Waals surface area contributed by atoms with E-state index in [0.29, 0.717) is 43.4 Å². The van der Waals surface area contributed by atoms with Crippen LogP contribution in [0.1, 0.15) is 22.8 Å². The van der Waals surface area contributed by atoms with Gasteiger partial charge in [0.1, 0.15) is 5.82 Å². The minimum atomic E-state index is -0.151. The Morgan fingerprint density at radius 1 is 0.895 bits per heavy atom. The number of piperazine rings is 1. The summed E-state index contributed by atoms with van der Waals surface area (Å²) >= 11 is 0. The molecule has 0 bridgehead atoms. The van der Waals surface area contributed by atoms with Gasteiger partial charge in [0.2, 0.25) is 5.95 Å². The number of aryl methyl sites for hydroxylation is 1. The number of ketones is 1. The van der Waals surface area contributed by atoms with Crippen LogP contribution in [0.3, 0.4) is 0 Å². The maximum Gasteiger partial charge on any atom is 0.321 e. The highest BCUT2D eigenvalue weighted by Gasteiger charge is 2.24. The van der Waals surface area contributed by atoms with Gasteiger partial charge < -0.3 is 30.1 Å². The molecule has 2 fully saturated rings. The van der Waals surface area contributed by atoms with Crippen molar-refractivity contribution in [3.63, 3.8) is 0 Å². The van der Waals surface area contributed by atoms with Gasteiger partial charge in [0, 0.05) is 62.3 Å². The molecule has 10 heteroatoms. The van der Waals surface area contributed by atoms with E-state index in [1.807, 2.05) is 31.3 Å². The van der Waals surface area contributed by atoms with Gasteiger partial charge in [0.05, 0.1) is 24.6 Å². The Labute approximate surface area is 222 Å². The molecule has 198 valence electrons. The molecule has 2 aliphatic heterocycles. The van der Waals surface area contributed by atoms with Gasteiger partial charge in [-0.1, -0.05) is 12.1 Å². The van der Waals surface area contributed by atoms with Crippen LogP contribution in [-0.2, 0) is 4.74 Å². The Kier molecular flexibility index (Phi) is 7.69. The Hall–Kier alpha value is -4.18. The number of amides is 2. The average molecular weight is 516 g/mol. The summed E-state index contributed by atoms with van der Waals surface area (Å²) in [5, 5.41) is 6.34. The second-order valence-electron chi connectivity index (χ2n) is 9.48. The number of hydrogen-bond donors (Lipinski definition) is 2. The summed E-state index contributed by atoms with van der Waals surface area (Å²) in [6, 6.07) is 15.0. The number of urea groups is 1. The number of para-hydroxylation sites is 2. The van der Waals surface area contributed by atoms with E-state index in [-0.39, 0.29) is 11.8 Å². The lowest BCUT2D eigenvalue weighted by atomic mass is 10.1. The second kappa shape index (κ2) is 11.5. The number of benzene rings is 2. The fourth-order valence-electron chi connectivity index (χ4n) is 4.71. The van der Waals surface area contributed by atoms with E-state index in [9.17, 15) is 9.59 Å². The Bertz CT molecular complexity index is 1280. The Morgan fingerprint density at radius 2 is 1.61 bits per heavy atom. The van der Waals surface area contributed by atoms with E-state index in [1.54, 1.807) is 29.2 Å². The van der Waals surface area contributed by atoms with Crippen LogP contribution in [0.5, 0.6) is 0 Å². The SMILES string of the molecule is CC(=O)c1ccc(NC(=O)N2CCN(c3nc(Nc4ccccc4N4CCOCC4)ncc3C)CC2)cc1. The number of hydrogen-bond acceptors (Lipinski definition) is 8. The van der Waals surface area contributed by atoms with Gasteiger partial charge in [-0.2, -0.15) is 4.98 Å². The molecule has 2 aromatic carbocycles. The third-order valence-electron chi connectivity index (χ3n) is 6.86. The molecule has 2 saturated heterocycles. The Morgan fingerprint density at radius 3 is 2.32 bits per heavy atom. The number of carbonyl (C=O) groups excluding carboxylic acids is 2. The summed E-state index contributed by atoms with van der Waals surface area (Å²) in [4.78, 5) is 40.0. The number of nitrogens with zero attached hydrogens (tertiary/aromatic N) is 5. The zero-order valence-corrected chi connectivity index (χ0v) is 21.8. The van der Waals surface area contributed by atoms with E-state index in [2.05, 4.69) is 31.5 Å². The van der Waals surface area contributed by atoms with E-state index < -0.39 is 0 Å². The molecule has 2 amide bonds. The first-order chi connectivity index (χ1) is 18.5. The van der Waals surface area contributed by atoms with Crippen LogP contribution in [0.2, 0.25) is 0 Å². The van der Waals surface area contributed by atoms with Crippen molar-refractivity contribution in [1.29, 1.82) is 0 Å². The summed E-state index contributed by atoms with van der Waals surface area (Å²) in [7, 11) is 0. The van der Waals surface area contributed by atoms with Crippen LogP contribution < -0.4 is 20.4 Å². The van der Waals surface area contributed by atoms with Crippen molar-refractivity contribution in [3.05, 3.63) is 65.9 Å². The smallest absolute Gasteiger partial charge is 0.321 e. The van der Waals surface area contributed by atoms with Crippen molar-refractivity contribution in [2.24, 2.45) is 0 Å². The molecule has 10 nitrogen and oxygen atoms in total. The highest BCUT2D eigenvalue weighted by molar-refractivity contribution is 5.95. The number of morpholine rings is 1. The van der Waals surface area contributed by atoms with Crippen molar-refractivity contribution < 1.29 is 14.3 Å². The third kappa shape index (κ3) is 5.86. The third-order valence-corrected chi connectivity index (χ3v) is 6.86. The molecule has 38 heavy (non-hydrogen) atoms. The highest BCUT2D eigenvalue weighted by atomic mass is 16.5. The first kappa shape index (κ1) is 25.5. The number of ether oxygens (including phenoxy) is 1. The maximum absolute atomic E-state index is 12.8. The van der Waals surface area contributed by atoms with E-state index in [1.165, 1.54) is 6.92 Å². The van der Waals surface area contributed by atoms with Crippen LogP contribution in [0.4, 0.5) is 33.6 Å². The topological polar surface area (TPSA) is 103 Å². The molecule has 3 aromatic rings. The molecule has 0 unspecified atom stereocenters. The molecule has 5 rings (SSSR count). The van der Waals surface area contributed by atoms with Crippen molar-refractivity contribution in [2.45, 2.75) is 13.8 Å². The van der Waals surface area contributed by atoms with E-state index in [0.717, 1.165) is 49.1 Å². The van der Waals surface area contributed by atoms with Crippen molar-refractivity contribution >= 4 is 40.6 Å². The molecule has 0 aliphatic carbocycles. The first-order valence-electron chi connectivity index (χ1n) is 12.9. The minimum absolute atomic E-state index is 0.00122. The zero-order valence-electron chi connectivity index (χ0n) is 21.8. The summed E-state index contributed by atoms with van der Waals surface area (Å²) in [6.45, 7) is 9.13. The molecule has 0 atom stereocenters. The fraction of sp³-hybridized carbons (Fsp3) is 0.357. The van der Waals surface area contributed by atoms with E-state index in [4.69, 9.17) is 9.72 Å². The largest absolute Gasteiger partial charge is 0.378 e. The van der Waals surface area contributed by atoms with Gasteiger partial charge in [-0.3, -0.25) is 4.79 Å². The molecule has 2 N–H and O–H groups in total. The standard InChI is InChI=1S/C28H33N7O3/c1-20-19-29-27(31-24-5-3-4-6-25(24)33-15-17-38-18-16-33)32-26(20)34-11-13-35(14-12-34)28(37)30-23-9-7-22(8-10-23)21(2)36/h3-10,19H,11-18H2,1-2H3,(H,30,37)(H,29,31,32). The lowest BCUT2D eigenvalue weighted by molar-refractivity contribution is 0.101. The van der Waals surface area contributed by atoms with Crippen LogP contribution in [0.25, 0.3) is 0 Å². The number of aromatic nitrogens is 2. The molecular weight excluding hydrogens is 482 g/mol. The van der Waals surface area contributed by atoms with Crippen LogP contribution in [0, 0.1) is 6.92 Å². The second-order valence-corrected chi connectivity index (χ2v) is 9.48. The van der Waals surface area contributed by atoms with Crippen molar-refractivity contribution in [3.8, 4) is 0 Å². The van der Waals surface area contributed by atoms with Crippen LogP contribution in [0.15, 0.2) is 54.7 Å². The highest BCUT2D eigenvalue weighted by Crippen LogP contribution is 2.29. The summed E-state index contributed by atoms with van der Waals surface area (Å²) < 4.78 is 5.51. The molecule has 2 aliphatic rings.